The fourth-order valence-corrected chi connectivity index (χ4v) is 7.29. The maximum Gasteiger partial charge on any atom is 0.460 e. The van der Waals surface area contributed by atoms with Crippen LogP contribution in [0.4, 0.5) is 92.2 Å². The monoisotopic (exact) mass is 816 g/mol. The quantitative estimate of drug-likeness (QED) is 0.0997. The summed E-state index contributed by atoms with van der Waals surface area (Å²) in [6.07, 6.45) is 0.623. The molecule has 0 radical (unpaired) electrons. The summed E-state index contributed by atoms with van der Waals surface area (Å²) in [5.74, 6) is -74.5. The van der Waals surface area contributed by atoms with Crippen molar-refractivity contribution < 1.29 is 92.2 Å². The molecule has 0 saturated heterocycles. The van der Waals surface area contributed by atoms with Gasteiger partial charge in [0, 0.05) is 5.56 Å². The van der Waals surface area contributed by atoms with E-state index in [4.69, 9.17) is 0 Å². The Labute approximate surface area is 288 Å². The van der Waals surface area contributed by atoms with Crippen LogP contribution < -0.4 is 0 Å². The first-order chi connectivity index (χ1) is 23.9. The number of hydrogen-bond acceptors (Lipinski definition) is 0. The minimum Gasteiger partial charge on any atom is -0.203 e. The van der Waals surface area contributed by atoms with E-state index >= 15 is 8.78 Å². The van der Waals surface area contributed by atoms with Crippen LogP contribution in [0.15, 0.2) is 0 Å². The molecule has 1 aromatic rings. The van der Waals surface area contributed by atoms with E-state index < -0.39 is 87.9 Å². The van der Waals surface area contributed by atoms with Gasteiger partial charge >= 0.3 is 47.6 Å². The van der Waals surface area contributed by atoms with Gasteiger partial charge in [-0.15, -0.1) is 0 Å². The van der Waals surface area contributed by atoms with Crippen molar-refractivity contribution in [3.63, 3.8) is 0 Å². The summed E-state index contributed by atoms with van der Waals surface area (Å²) >= 11 is 0. The van der Waals surface area contributed by atoms with Gasteiger partial charge in [0.15, 0.2) is 23.3 Å². The normalized spacial score (nSPS) is 23.4. The molecular weight excluding hydrogens is 783 g/mol. The summed E-state index contributed by atoms with van der Waals surface area (Å²) in [5.41, 5.74) is -5.80. The van der Waals surface area contributed by atoms with Gasteiger partial charge in [-0.25, -0.2) is 17.6 Å². The van der Waals surface area contributed by atoms with Crippen molar-refractivity contribution in [1.82, 2.24) is 0 Å². The number of alkyl halides is 17. The van der Waals surface area contributed by atoms with Crippen molar-refractivity contribution in [2.75, 3.05) is 0 Å². The van der Waals surface area contributed by atoms with E-state index in [2.05, 4.69) is 6.92 Å². The Balaban J connectivity index is 1.90. The molecule has 2 aliphatic carbocycles. The Kier molecular flexibility index (Phi) is 12.8. The lowest BCUT2D eigenvalue weighted by Gasteiger charge is -2.43. The van der Waals surface area contributed by atoms with Gasteiger partial charge in [-0.3, -0.25) is 0 Å². The minimum atomic E-state index is -9.03. The zero-order valence-electron chi connectivity index (χ0n) is 27.4. The molecule has 0 unspecified atom stereocenters. The molecule has 2 fully saturated rings. The Hall–Kier alpha value is -2.25. The number of hydrogen-bond donors (Lipinski definition) is 0. The fraction of sp³-hybridized carbons (Fsp3) is 0.812. The number of benzene rings is 1. The molecule has 0 bridgehead atoms. The molecule has 0 aromatic heterocycles. The van der Waals surface area contributed by atoms with Gasteiger partial charge in [0.25, 0.3) is 0 Å². The Bertz CT molecular complexity index is 1380. The standard InChI is InChI=1S/C32H33F21/c1-2-3-4-5-6-15-7-9-16(10-8-15)17-11-13-18(14-12-17)19-21(33)23(35)20(24(36)22(19)34)25(37,38)26(39,40)27(41,42)28(43,44)29(45,46)30(47,48)31(49,50)32(51,52)53/h15-18H,2-14H2,1H3/t15-,16-,17-,18-. The third kappa shape index (κ3) is 7.29. The van der Waals surface area contributed by atoms with Crippen LogP contribution in [0.1, 0.15) is 107 Å². The molecule has 3 rings (SSSR count). The maximum atomic E-state index is 15.1. The Morgan fingerprint density at radius 1 is 0.434 bits per heavy atom. The van der Waals surface area contributed by atoms with Gasteiger partial charge < -0.3 is 0 Å². The average Bonchev–Trinajstić information content (AvgIpc) is 3.05. The summed E-state index contributed by atoms with van der Waals surface area (Å²) in [5, 5.41) is 0. The average molecular weight is 817 g/mol. The number of rotatable bonds is 14. The van der Waals surface area contributed by atoms with Crippen LogP contribution in [0.3, 0.4) is 0 Å². The highest BCUT2D eigenvalue weighted by molar-refractivity contribution is 5.37. The van der Waals surface area contributed by atoms with Gasteiger partial charge in [0.05, 0.1) is 0 Å². The highest BCUT2D eigenvalue weighted by Gasteiger charge is 2.95. The van der Waals surface area contributed by atoms with Gasteiger partial charge in [0.2, 0.25) is 0 Å². The maximum absolute atomic E-state index is 15.1. The molecule has 0 N–H and O–H groups in total. The molecule has 2 saturated carbocycles. The molecule has 0 spiro atoms. The Morgan fingerprint density at radius 2 is 0.811 bits per heavy atom. The SMILES string of the molecule is CCCCCC[C@H]1CC[C@H]([C@H]2CC[C@H](c3c(F)c(F)c(C(F)(F)C(F)(F)C(F)(F)C(F)(F)C(F)(F)C(F)(F)C(F)(F)C(F)(F)F)c(F)c3F)CC2)CC1. The van der Waals surface area contributed by atoms with Crippen LogP contribution in [-0.2, 0) is 5.92 Å². The molecule has 0 heterocycles. The van der Waals surface area contributed by atoms with Crippen molar-refractivity contribution in [3.8, 4) is 0 Å². The van der Waals surface area contributed by atoms with Crippen LogP contribution >= 0.6 is 0 Å². The van der Waals surface area contributed by atoms with Crippen molar-refractivity contribution in [2.45, 2.75) is 144 Å². The predicted molar refractivity (Wildman–Crippen MR) is 145 cm³/mol. The van der Waals surface area contributed by atoms with Crippen LogP contribution in [0.25, 0.3) is 0 Å². The van der Waals surface area contributed by atoms with Crippen LogP contribution in [0, 0.1) is 41.0 Å². The molecule has 2 aliphatic rings. The second-order valence-electron chi connectivity index (χ2n) is 13.8. The van der Waals surface area contributed by atoms with Crippen LogP contribution in [0.5, 0.6) is 0 Å². The molecule has 0 aliphatic heterocycles. The highest BCUT2D eigenvalue weighted by Crippen LogP contribution is 2.65. The lowest BCUT2D eigenvalue weighted by atomic mass is 9.67. The molecule has 1 aromatic carbocycles. The largest absolute Gasteiger partial charge is 0.460 e. The minimum absolute atomic E-state index is 0.0547. The molecule has 0 nitrogen and oxygen atoms in total. The second kappa shape index (κ2) is 15.0. The van der Waals surface area contributed by atoms with Gasteiger partial charge in [0.1, 0.15) is 5.56 Å². The van der Waals surface area contributed by atoms with Gasteiger partial charge in [-0.1, -0.05) is 51.9 Å². The zero-order chi connectivity index (χ0) is 41.0. The van der Waals surface area contributed by atoms with Crippen LogP contribution in [0.2, 0.25) is 0 Å². The molecule has 21 heteroatoms. The molecule has 0 atom stereocenters. The lowest BCUT2D eigenvalue weighted by Crippen LogP contribution is -2.74. The smallest absolute Gasteiger partial charge is 0.203 e. The fourth-order valence-electron chi connectivity index (χ4n) is 7.29. The highest BCUT2D eigenvalue weighted by atomic mass is 19.4. The first-order valence-corrected chi connectivity index (χ1v) is 16.5. The Morgan fingerprint density at radius 3 is 1.21 bits per heavy atom. The summed E-state index contributed by atoms with van der Waals surface area (Å²) in [4.78, 5) is 0. The summed E-state index contributed by atoms with van der Waals surface area (Å²) < 4.78 is 292. The van der Waals surface area contributed by atoms with E-state index in [1.54, 1.807) is 0 Å². The van der Waals surface area contributed by atoms with E-state index in [0.717, 1.165) is 57.8 Å². The van der Waals surface area contributed by atoms with E-state index in [1.165, 1.54) is 0 Å². The van der Waals surface area contributed by atoms with E-state index in [9.17, 15) is 83.4 Å². The van der Waals surface area contributed by atoms with Gasteiger partial charge in [-0.05, 0) is 62.2 Å². The topological polar surface area (TPSA) is 0 Å². The third-order valence-corrected chi connectivity index (χ3v) is 10.5. The summed E-state index contributed by atoms with van der Waals surface area (Å²) in [6, 6.07) is 0. The number of halogens is 21. The predicted octanol–water partition coefficient (Wildman–Crippen LogP) is 13.8. The molecule has 53 heavy (non-hydrogen) atoms. The van der Waals surface area contributed by atoms with E-state index in [-0.39, 0.29) is 37.5 Å². The zero-order valence-corrected chi connectivity index (χ0v) is 27.4. The molecule has 308 valence electrons. The van der Waals surface area contributed by atoms with Crippen LogP contribution in [-0.4, -0.2) is 41.7 Å². The van der Waals surface area contributed by atoms with Crippen molar-refractivity contribution in [1.29, 1.82) is 0 Å². The van der Waals surface area contributed by atoms with E-state index in [0.29, 0.717) is 5.92 Å². The molecular formula is C32H33F21. The lowest BCUT2D eigenvalue weighted by molar-refractivity contribution is -0.463. The molecule has 0 amide bonds. The summed E-state index contributed by atoms with van der Waals surface area (Å²) in [7, 11) is 0. The summed E-state index contributed by atoms with van der Waals surface area (Å²) in [6.45, 7) is 2.07. The van der Waals surface area contributed by atoms with Crippen molar-refractivity contribution in [2.24, 2.45) is 17.8 Å². The second-order valence-corrected chi connectivity index (χ2v) is 13.8. The third-order valence-electron chi connectivity index (χ3n) is 10.5. The van der Waals surface area contributed by atoms with Crippen molar-refractivity contribution in [3.05, 3.63) is 34.4 Å². The van der Waals surface area contributed by atoms with Gasteiger partial charge in [-0.2, -0.15) is 74.6 Å². The number of unbranched alkanes of at least 4 members (excludes halogenated alkanes) is 3. The van der Waals surface area contributed by atoms with Crippen molar-refractivity contribution >= 4 is 0 Å². The first-order valence-electron chi connectivity index (χ1n) is 16.5. The first kappa shape index (κ1) is 45.1. The van der Waals surface area contributed by atoms with E-state index in [1.807, 2.05) is 0 Å².